The van der Waals surface area contributed by atoms with Gasteiger partial charge in [-0.05, 0) is 53.9 Å². The molecule has 0 aliphatic rings. The second kappa shape index (κ2) is 15.3. The Kier molecular flexibility index (Phi) is 12.1. The maximum Gasteiger partial charge on any atom is 0.243 e. The van der Waals surface area contributed by atoms with Crippen molar-refractivity contribution in [1.82, 2.24) is 10.2 Å². The summed E-state index contributed by atoms with van der Waals surface area (Å²) in [6.07, 6.45) is 2.51. The van der Waals surface area contributed by atoms with Gasteiger partial charge in [0.2, 0.25) is 11.8 Å². The predicted octanol–water partition coefficient (Wildman–Crippen LogP) is 7.69. The van der Waals surface area contributed by atoms with E-state index in [0.717, 1.165) is 28.9 Å². The van der Waals surface area contributed by atoms with Crippen LogP contribution in [0, 0.1) is 0 Å². The molecular weight excluding hydrogens is 547 g/mol. The number of nitrogens with one attached hydrogen (secondary N) is 1. The number of nitrogens with zero attached hydrogens (tertiary/aromatic N) is 1. The molecule has 1 atom stereocenters. The van der Waals surface area contributed by atoms with Crippen LogP contribution in [0.2, 0.25) is 15.1 Å². The molecule has 3 aromatic rings. The van der Waals surface area contributed by atoms with Gasteiger partial charge in [0.05, 0.1) is 0 Å². The highest BCUT2D eigenvalue weighted by Gasteiger charge is 2.30. The van der Waals surface area contributed by atoms with Gasteiger partial charge in [-0.1, -0.05) is 84.5 Å². The summed E-state index contributed by atoms with van der Waals surface area (Å²) >= 11 is 20.2. The van der Waals surface area contributed by atoms with Crippen LogP contribution in [0.25, 0.3) is 0 Å². The number of carbonyl (C=O) groups is 2. The van der Waals surface area contributed by atoms with Crippen LogP contribution in [0.3, 0.4) is 0 Å². The molecule has 0 saturated carbocycles. The van der Waals surface area contributed by atoms with Crippen molar-refractivity contribution >= 4 is 58.4 Å². The highest BCUT2D eigenvalue weighted by Crippen LogP contribution is 2.26. The normalized spacial score (nSPS) is 11.7. The van der Waals surface area contributed by atoms with E-state index in [1.54, 1.807) is 28.8 Å². The van der Waals surface area contributed by atoms with E-state index in [9.17, 15) is 9.59 Å². The number of carbonyl (C=O) groups excluding carboxylic acids is 2. The summed E-state index contributed by atoms with van der Waals surface area (Å²) in [7, 11) is 0. The number of benzene rings is 3. The SMILES string of the molecule is CCCCNC(=O)C(Cc1ccccc1)N(Cc1ccc(Cl)cc1Cl)C(=O)CCSc1ccc(Cl)cc1. The number of hydrogen-bond acceptors (Lipinski definition) is 3. The highest BCUT2D eigenvalue weighted by molar-refractivity contribution is 7.99. The molecule has 8 heteroatoms. The number of amides is 2. The molecule has 3 rings (SSSR count). The standard InChI is InChI=1S/C29H31Cl3N2O2S/c1-2-3-16-33-29(36)27(18-21-7-5-4-6-8-21)34(20-22-9-10-24(31)19-26(22)32)28(35)15-17-37-25-13-11-23(30)12-14-25/h4-14,19,27H,2-3,15-18,20H2,1H3,(H,33,36). The van der Waals surface area contributed by atoms with Crippen LogP contribution in [0.15, 0.2) is 77.7 Å². The minimum Gasteiger partial charge on any atom is -0.354 e. The summed E-state index contributed by atoms with van der Waals surface area (Å²) in [5.41, 5.74) is 1.72. The van der Waals surface area contributed by atoms with Gasteiger partial charge in [-0.25, -0.2) is 0 Å². The first-order valence-electron chi connectivity index (χ1n) is 12.3. The van der Waals surface area contributed by atoms with Crippen LogP contribution in [0.4, 0.5) is 0 Å². The first-order valence-corrected chi connectivity index (χ1v) is 14.4. The fourth-order valence-electron chi connectivity index (χ4n) is 3.82. The molecule has 0 aliphatic heterocycles. The molecule has 2 amide bonds. The monoisotopic (exact) mass is 576 g/mol. The Morgan fingerprint density at radius 2 is 1.65 bits per heavy atom. The lowest BCUT2D eigenvalue weighted by Crippen LogP contribution is -2.50. The van der Waals surface area contributed by atoms with E-state index in [1.807, 2.05) is 60.7 Å². The first-order chi connectivity index (χ1) is 17.9. The van der Waals surface area contributed by atoms with Crippen molar-refractivity contribution in [2.75, 3.05) is 12.3 Å². The Balaban J connectivity index is 1.85. The van der Waals surface area contributed by atoms with Crippen LogP contribution in [-0.4, -0.2) is 35.1 Å². The van der Waals surface area contributed by atoms with Crippen molar-refractivity contribution < 1.29 is 9.59 Å². The van der Waals surface area contributed by atoms with Gasteiger partial charge >= 0.3 is 0 Å². The highest BCUT2D eigenvalue weighted by atomic mass is 35.5. The average molecular weight is 578 g/mol. The molecule has 1 N–H and O–H groups in total. The minimum atomic E-state index is -0.681. The number of halogens is 3. The van der Waals surface area contributed by atoms with Crippen LogP contribution < -0.4 is 5.32 Å². The second-order valence-corrected chi connectivity index (χ2v) is 11.1. The summed E-state index contributed by atoms with van der Waals surface area (Å²) in [4.78, 5) is 29.8. The maximum absolute atomic E-state index is 13.7. The molecule has 0 radical (unpaired) electrons. The molecule has 37 heavy (non-hydrogen) atoms. The molecule has 1 unspecified atom stereocenters. The molecular formula is C29H31Cl3N2O2S. The summed E-state index contributed by atoms with van der Waals surface area (Å²) in [5.74, 6) is 0.293. The minimum absolute atomic E-state index is 0.112. The van der Waals surface area contributed by atoms with Gasteiger partial charge < -0.3 is 10.2 Å². The Hall–Kier alpha value is -2.18. The smallest absolute Gasteiger partial charge is 0.243 e. The Labute approximate surface area is 238 Å². The third kappa shape index (κ3) is 9.57. The average Bonchev–Trinajstić information content (AvgIpc) is 2.89. The Morgan fingerprint density at radius 1 is 0.946 bits per heavy atom. The maximum atomic E-state index is 13.7. The zero-order valence-corrected chi connectivity index (χ0v) is 23.8. The molecule has 0 bridgehead atoms. The molecule has 0 fully saturated rings. The summed E-state index contributed by atoms with van der Waals surface area (Å²) in [6, 6.07) is 21.8. The molecule has 0 spiro atoms. The van der Waals surface area contributed by atoms with Crippen molar-refractivity contribution in [2.45, 2.75) is 50.1 Å². The zero-order valence-electron chi connectivity index (χ0n) is 20.8. The fourth-order valence-corrected chi connectivity index (χ4v) is 5.26. The van der Waals surface area contributed by atoms with Gasteiger partial charge in [0.1, 0.15) is 6.04 Å². The predicted molar refractivity (Wildman–Crippen MR) is 156 cm³/mol. The fraction of sp³-hybridized carbons (Fsp3) is 0.310. The van der Waals surface area contributed by atoms with Crippen molar-refractivity contribution in [3.05, 3.63) is 99.0 Å². The molecule has 0 heterocycles. The van der Waals surface area contributed by atoms with Gasteiger partial charge in [-0.3, -0.25) is 9.59 Å². The molecule has 3 aromatic carbocycles. The van der Waals surface area contributed by atoms with Gasteiger partial charge in [0, 0.05) is 51.6 Å². The zero-order chi connectivity index (χ0) is 26.6. The molecule has 0 aliphatic carbocycles. The molecule has 0 aromatic heterocycles. The van der Waals surface area contributed by atoms with Crippen LogP contribution >= 0.6 is 46.6 Å². The van der Waals surface area contributed by atoms with Gasteiger partial charge in [-0.2, -0.15) is 0 Å². The van der Waals surface area contributed by atoms with Gasteiger partial charge in [0.15, 0.2) is 0 Å². The van der Waals surface area contributed by atoms with Crippen molar-refractivity contribution in [3.63, 3.8) is 0 Å². The van der Waals surface area contributed by atoms with E-state index in [2.05, 4.69) is 12.2 Å². The largest absolute Gasteiger partial charge is 0.354 e. The molecule has 196 valence electrons. The Bertz CT molecular complexity index is 1160. The van der Waals surface area contributed by atoms with Crippen molar-refractivity contribution in [3.8, 4) is 0 Å². The second-order valence-electron chi connectivity index (χ2n) is 8.66. The third-order valence-electron chi connectivity index (χ3n) is 5.85. The first kappa shape index (κ1) is 29.4. The lowest BCUT2D eigenvalue weighted by atomic mass is 10.0. The van der Waals surface area contributed by atoms with E-state index in [-0.39, 0.29) is 24.8 Å². The lowest BCUT2D eigenvalue weighted by Gasteiger charge is -2.32. The van der Waals surface area contributed by atoms with E-state index >= 15 is 0 Å². The summed E-state index contributed by atoms with van der Waals surface area (Å²) in [5, 5.41) is 4.68. The van der Waals surface area contributed by atoms with Crippen LogP contribution in [0.5, 0.6) is 0 Å². The van der Waals surface area contributed by atoms with Crippen molar-refractivity contribution in [2.24, 2.45) is 0 Å². The van der Waals surface area contributed by atoms with Crippen LogP contribution in [0.1, 0.15) is 37.3 Å². The van der Waals surface area contributed by atoms with E-state index in [0.29, 0.717) is 33.8 Å². The number of thioether (sulfide) groups is 1. The number of rotatable bonds is 13. The lowest BCUT2D eigenvalue weighted by molar-refractivity contribution is -0.141. The van der Waals surface area contributed by atoms with Gasteiger partial charge in [-0.15, -0.1) is 11.8 Å². The number of hydrogen-bond donors (Lipinski definition) is 1. The summed E-state index contributed by atoms with van der Waals surface area (Å²) in [6.45, 7) is 2.85. The Morgan fingerprint density at radius 3 is 2.32 bits per heavy atom. The summed E-state index contributed by atoms with van der Waals surface area (Å²) < 4.78 is 0. The van der Waals surface area contributed by atoms with E-state index < -0.39 is 6.04 Å². The number of unbranched alkanes of at least 4 members (excludes halogenated alkanes) is 1. The topological polar surface area (TPSA) is 49.4 Å². The van der Waals surface area contributed by atoms with E-state index in [4.69, 9.17) is 34.8 Å². The quantitative estimate of drug-likeness (QED) is 0.167. The van der Waals surface area contributed by atoms with Gasteiger partial charge in [0.25, 0.3) is 0 Å². The van der Waals surface area contributed by atoms with Crippen molar-refractivity contribution in [1.29, 1.82) is 0 Å². The van der Waals surface area contributed by atoms with Crippen LogP contribution in [-0.2, 0) is 22.6 Å². The van der Waals surface area contributed by atoms with E-state index in [1.165, 1.54) is 0 Å². The third-order valence-corrected chi connectivity index (χ3v) is 7.71. The molecule has 0 saturated heterocycles. The molecule has 4 nitrogen and oxygen atoms in total.